The zero-order chi connectivity index (χ0) is 10.7. The van der Waals surface area contributed by atoms with Crippen LogP contribution in [0.2, 0.25) is 0 Å². The average molecular weight is 199 g/mol. The normalized spacial score (nSPS) is 10.5. The number of aromatic nitrogens is 2. The van der Waals surface area contributed by atoms with Gasteiger partial charge in [-0.25, -0.2) is 0 Å². The Bertz CT molecular complexity index is 346. The second kappa shape index (κ2) is 4.19. The average Bonchev–Trinajstić information content (AvgIpc) is 2.38. The van der Waals surface area contributed by atoms with Crippen molar-refractivity contribution in [2.75, 3.05) is 13.7 Å². The van der Waals surface area contributed by atoms with E-state index in [0.717, 1.165) is 0 Å². The second-order valence-electron chi connectivity index (χ2n) is 2.99. The van der Waals surface area contributed by atoms with Crippen LogP contribution in [0.25, 0.3) is 0 Å². The third kappa shape index (κ3) is 1.90. The quantitative estimate of drug-likeness (QED) is 0.537. The highest BCUT2D eigenvalue weighted by Crippen LogP contribution is 2.21. The fourth-order valence-electron chi connectivity index (χ4n) is 1.35. The molecule has 0 radical (unpaired) electrons. The van der Waals surface area contributed by atoms with E-state index in [9.17, 15) is 10.1 Å². The Balaban J connectivity index is 2.98. The number of nitrogens with zero attached hydrogens (tertiary/aromatic N) is 3. The largest absolute Gasteiger partial charge is 0.383 e. The summed E-state index contributed by atoms with van der Waals surface area (Å²) in [7, 11) is 1.58. The summed E-state index contributed by atoms with van der Waals surface area (Å²) in [6, 6.07) is 0. The fourth-order valence-corrected chi connectivity index (χ4v) is 1.35. The molecular formula is C8H13N3O3. The Hall–Kier alpha value is -1.43. The summed E-state index contributed by atoms with van der Waals surface area (Å²) in [6.45, 7) is 4.36. The Morgan fingerprint density at radius 3 is 2.64 bits per heavy atom. The minimum absolute atomic E-state index is 0.0982. The Morgan fingerprint density at radius 2 is 2.21 bits per heavy atom. The zero-order valence-electron chi connectivity index (χ0n) is 8.48. The molecule has 0 saturated carbocycles. The van der Waals surface area contributed by atoms with Crippen molar-refractivity contribution in [2.24, 2.45) is 0 Å². The van der Waals surface area contributed by atoms with E-state index in [0.29, 0.717) is 24.5 Å². The molecule has 0 spiro atoms. The first-order valence-corrected chi connectivity index (χ1v) is 4.25. The lowest BCUT2D eigenvalue weighted by Gasteiger charge is -2.01. The minimum Gasteiger partial charge on any atom is -0.383 e. The summed E-state index contributed by atoms with van der Waals surface area (Å²) in [6.07, 6.45) is 0. The first-order chi connectivity index (χ1) is 6.57. The SMILES string of the molecule is COCCn1nc(C)c([N+](=O)[O-])c1C. The molecule has 14 heavy (non-hydrogen) atoms. The van der Waals surface area contributed by atoms with Gasteiger partial charge in [-0.3, -0.25) is 14.8 Å². The van der Waals surface area contributed by atoms with Crippen molar-refractivity contribution in [2.45, 2.75) is 20.4 Å². The molecule has 0 aliphatic rings. The lowest BCUT2D eigenvalue weighted by molar-refractivity contribution is -0.386. The van der Waals surface area contributed by atoms with E-state index in [4.69, 9.17) is 4.74 Å². The molecule has 6 nitrogen and oxygen atoms in total. The monoisotopic (exact) mass is 199 g/mol. The van der Waals surface area contributed by atoms with Crippen molar-refractivity contribution >= 4 is 5.69 Å². The van der Waals surface area contributed by atoms with Crippen LogP contribution in [0, 0.1) is 24.0 Å². The van der Waals surface area contributed by atoms with E-state index in [1.54, 1.807) is 25.6 Å². The minimum atomic E-state index is -0.402. The van der Waals surface area contributed by atoms with Crippen molar-refractivity contribution in [3.8, 4) is 0 Å². The second-order valence-corrected chi connectivity index (χ2v) is 2.99. The number of ether oxygens (including phenoxy) is 1. The number of hydrogen-bond donors (Lipinski definition) is 0. The van der Waals surface area contributed by atoms with Crippen LogP contribution in [0.5, 0.6) is 0 Å². The summed E-state index contributed by atoms with van der Waals surface area (Å²) in [5.41, 5.74) is 1.12. The molecule has 78 valence electrons. The smallest absolute Gasteiger partial charge is 0.312 e. The third-order valence-corrected chi connectivity index (χ3v) is 2.03. The molecule has 0 fully saturated rings. The number of methoxy groups -OCH3 is 1. The standard InChI is InChI=1S/C8H13N3O3/c1-6-8(11(12)13)7(2)10(9-6)4-5-14-3/h4-5H2,1-3H3. The highest BCUT2D eigenvalue weighted by Gasteiger charge is 2.21. The van der Waals surface area contributed by atoms with E-state index in [1.807, 2.05) is 0 Å². The van der Waals surface area contributed by atoms with Crippen molar-refractivity contribution in [1.29, 1.82) is 0 Å². The van der Waals surface area contributed by atoms with Gasteiger partial charge in [0, 0.05) is 7.11 Å². The lowest BCUT2D eigenvalue weighted by atomic mass is 10.3. The van der Waals surface area contributed by atoms with Crippen LogP contribution in [0.1, 0.15) is 11.4 Å². The van der Waals surface area contributed by atoms with Gasteiger partial charge in [0.05, 0.1) is 18.1 Å². The van der Waals surface area contributed by atoms with Crippen molar-refractivity contribution in [3.05, 3.63) is 21.5 Å². The molecule has 1 rings (SSSR count). The molecular weight excluding hydrogens is 186 g/mol. The lowest BCUT2D eigenvalue weighted by Crippen LogP contribution is -2.07. The fraction of sp³-hybridized carbons (Fsp3) is 0.625. The first kappa shape index (κ1) is 10.6. The number of hydrogen-bond acceptors (Lipinski definition) is 4. The molecule has 6 heteroatoms. The van der Waals surface area contributed by atoms with E-state index >= 15 is 0 Å². The van der Waals surface area contributed by atoms with Crippen LogP contribution in [-0.4, -0.2) is 28.4 Å². The molecule has 0 aliphatic heterocycles. The molecule has 0 unspecified atom stereocenters. The molecule has 0 N–H and O–H groups in total. The molecule has 1 aromatic heterocycles. The predicted molar refractivity (Wildman–Crippen MR) is 50.2 cm³/mol. The van der Waals surface area contributed by atoms with Gasteiger partial charge in [-0.15, -0.1) is 0 Å². The van der Waals surface area contributed by atoms with Crippen LogP contribution in [0.15, 0.2) is 0 Å². The predicted octanol–water partition coefficient (Wildman–Crippen LogP) is 1.05. The molecule has 0 atom stereocenters. The molecule has 0 amide bonds. The summed E-state index contributed by atoms with van der Waals surface area (Å²) in [5.74, 6) is 0. The van der Waals surface area contributed by atoms with Gasteiger partial charge in [0.1, 0.15) is 11.4 Å². The maximum absolute atomic E-state index is 10.7. The van der Waals surface area contributed by atoms with Gasteiger partial charge in [-0.05, 0) is 13.8 Å². The zero-order valence-corrected chi connectivity index (χ0v) is 8.48. The number of aryl methyl sites for hydroxylation is 1. The highest BCUT2D eigenvalue weighted by molar-refractivity contribution is 5.39. The van der Waals surface area contributed by atoms with E-state index in [-0.39, 0.29) is 5.69 Å². The van der Waals surface area contributed by atoms with Gasteiger partial charge < -0.3 is 4.74 Å². The van der Waals surface area contributed by atoms with Crippen molar-refractivity contribution in [1.82, 2.24) is 9.78 Å². The summed E-state index contributed by atoms with van der Waals surface area (Å²) < 4.78 is 6.47. The molecule has 0 aromatic carbocycles. The van der Waals surface area contributed by atoms with Crippen LogP contribution >= 0.6 is 0 Å². The third-order valence-electron chi connectivity index (χ3n) is 2.03. The molecule has 0 saturated heterocycles. The van der Waals surface area contributed by atoms with Crippen molar-refractivity contribution in [3.63, 3.8) is 0 Å². The highest BCUT2D eigenvalue weighted by atomic mass is 16.6. The first-order valence-electron chi connectivity index (χ1n) is 4.25. The summed E-state index contributed by atoms with van der Waals surface area (Å²) in [4.78, 5) is 10.2. The molecule has 1 aromatic rings. The Morgan fingerprint density at radius 1 is 1.57 bits per heavy atom. The maximum atomic E-state index is 10.7. The topological polar surface area (TPSA) is 70.2 Å². The van der Waals surface area contributed by atoms with E-state index < -0.39 is 4.92 Å². The van der Waals surface area contributed by atoms with Gasteiger partial charge in [-0.2, -0.15) is 5.10 Å². The summed E-state index contributed by atoms with van der Waals surface area (Å²) >= 11 is 0. The van der Waals surface area contributed by atoms with Crippen LogP contribution < -0.4 is 0 Å². The number of nitro groups is 1. The van der Waals surface area contributed by atoms with Gasteiger partial charge in [0.25, 0.3) is 0 Å². The molecule has 0 aliphatic carbocycles. The molecule has 1 heterocycles. The van der Waals surface area contributed by atoms with Gasteiger partial charge in [-0.1, -0.05) is 0 Å². The van der Waals surface area contributed by atoms with Gasteiger partial charge in [0.15, 0.2) is 0 Å². The van der Waals surface area contributed by atoms with Crippen molar-refractivity contribution < 1.29 is 9.66 Å². The van der Waals surface area contributed by atoms with Crippen LogP contribution in [-0.2, 0) is 11.3 Å². The Kier molecular flexibility index (Phi) is 3.19. The summed E-state index contributed by atoms with van der Waals surface area (Å²) in [5, 5.41) is 14.7. The van der Waals surface area contributed by atoms with Gasteiger partial charge in [0.2, 0.25) is 0 Å². The van der Waals surface area contributed by atoms with Gasteiger partial charge >= 0.3 is 5.69 Å². The molecule has 0 bridgehead atoms. The van der Waals surface area contributed by atoms with Crippen LogP contribution in [0.3, 0.4) is 0 Å². The maximum Gasteiger partial charge on any atom is 0.312 e. The Labute approximate surface area is 81.6 Å². The van der Waals surface area contributed by atoms with E-state index in [2.05, 4.69) is 5.10 Å². The van der Waals surface area contributed by atoms with E-state index in [1.165, 1.54) is 0 Å². The number of rotatable bonds is 4. The van der Waals surface area contributed by atoms with Crippen LogP contribution in [0.4, 0.5) is 5.69 Å².